The second-order valence-corrected chi connectivity index (χ2v) is 12.2. The first-order valence-electron chi connectivity index (χ1n) is 8.79. The summed E-state index contributed by atoms with van der Waals surface area (Å²) in [5.74, 6) is 0. The van der Waals surface area contributed by atoms with Crippen molar-refractivity contribution in [1.29, 1.82) is 0 Å². The lowest BCUT2D eigenvalue weighted by atomic mass is 9.35. The molecule has 146 valence electrons. The molecule has 0 atom stereocenters. The van der Waals surface area contributed by atoms with E-state index in [4.69, 9.17) is 0 Å². The zero-order valence-electron chi connectivity index (χ0n) is 14.7. The summed E-state index contributed by atoms with van der Waals surface area (Å²) in [7, 11) is 0. The monoisotopic (exact) mass is 699 g/mol. The third-order valence-electron chi connectivity index (χ3n) is 6.46. The summed E-state index contributed by atoms with van der Waals surface area (Å²) in [4.78, 5) is 34.7. The van der Waals surface area contributed by atoms with Crippen LogP contribution in [0.3, 0.4) is 0 Å². The van der Waals surface area contributed by atoms with Gasteiger partial charge in [-0.25, -0.2) is 0 Å². The zero-order chi connectivity index (χ0) is 19.2. The molecule has 0 heterocycles. The minimum atomic E-state index is -0.0206. The van der Waals surface area contributed by atoms with Crippen LogP contribution >= 0.6 is 67.8 Å². The molecule has 0 aliphatic heterocycles. The van der Waals surface area contributed by atoms with E-state index in [9.17, 15) is 14.4 Å². The summed E-state index contributed by atoms with van der Waals surface area (Å²) in [6.07, 6.45) is 6.42. The van der Waals surface area contributed by atoms with Gasteiger partial charge in [-0.15, -0.1) is 0 Å². The molecule has 3 N–H and O–H groups in total. The standard InChI is InChI=1S/C17H24I3N3O3/c1-14-2-15(8-21-11(18)24)5-16(3-14,9-22-12(19)25)7-17(4-14,6-15)10-23-13(20)26/h2-10H2,1H3,(H,21,24)(H,22,25)(H,23,26). The Balaban J connectivity index is 1.91. The van der Waals surface area contributed by atoms with Crippen LogP contribution in [0.15, 0.2) is 0 Å². The van der Waals surface area contributed by atoms with Gasteiger partial charge in [0.2, 0.25) is 0 Å². The number of rotatable bonds is 6. The van der Waals surface area contributed by atoms with Gasteiger partial charge in [-0.05, 0) is 60.2 Å². The molecule has 4 saturated carbocycles. The van der Waals surface area contributed by atoms with Gasteiger partial charge in [0.05, 0.1) is 0 Å². The van der Waals surface area contributed by atoms with Gasteiger partial charge >= 0.3 is 0 Å². The van der Waals surface area contributed by atoms with Crippen molar-refractivity contribution in [2.75, 3.05) is 19.6 Å². The topological polar surface area (TPSA) is 87.3 Å². The lowest BCUT2D eigenvalue weighted by molar-refractivity contribution is -0.189. The molecule has 0 unspecified atom stereocenters. The van der Waals surface area contributed by atoms with Crippen molar-refractivity contribution in [3.63, 3.8) is 0 Å². The van der Waals surface area contributed by atoms with Gasteiger partial charge in [0, 0.05) is 87.4 Å². The number of amides is 3. The number of carbonyl (C=O) groups is 3. The zero-order valence-corrected chi connectivity index (χ0v) is 21.2. The van der Waals surface area contributed by atoms with Crippen LogP contribution in [-0.2, 0) is 0 Å². The first-order valence-corrected chi connectivity index (χ1v) is 12.0. The molecule has 4 aliphatic rings. The van der Waals surface area contributed by atoms with Crippen LogP contribution in [0.2, 0.25) is 0 Å². The number of halogens is 3. The Morgan fingerprint density at radius 1 is 0.654 bits per heavy atom. The molecule has 0 aromatic rings. The van der Waals surface area contributed by atoms with Gasteiger partial charge < -0.3 is 16.0 Å². The van der Waals surface area contributed by atoms with Crippen molar-refractivity contribution in [2.45, 2.75) is 45.4 Å². The Hall–Kier alpha value is 0.600. The third kappa shape index (κ3) is 4.60. The fraction of sp³-hybridized carbons (Fsp3) is 0.824. The molecule has 0 saturated heterocycles. The van der Waals surface area contributed by atoms with Crippen molar-refractivity contribution < 1.29 is 14.4 Å². The van der Waals surface area contributed by atoms with Crippen LogP contribution in [0.4, 0.5) is 14.4 Å². The molecule has 26 heavy (non-hydrogen) atoms. The quantitative estimate of drug-likeness (QED) is 0.212. The Labute approximate surface area is 194 Å². The molecule has 9 heteroatoms. The maximum absolute atomic E-state index is 11.6. The minimum Gasteiger partial charge on any atom is -0.347 e. The van der Waals surface area contributed by atoms with Crippen molar-refractivity contribution in [3.05, 3.63) is 0 Å². The number of hydrogen-bond donors (Lipinski definition) is 3. The van der Waals surface area contributed by atoms with E-state index in [1.54, 1.807) is 67.8 Å². The van der Waals surface area contributed by atoms with Gasteiger partial charge in [-0.2, -0.15) is 0 Å². The molecule has 6 nitrogen and oxygen atoms in total. The summed E-state index contributed by atoms with van der Waals surface area (Å²) in [5.41, 5.74) is 0.347. The van der Waals surface area contributed by atoms with E-state index in [0.717, 1.165) is 38.5 Å². The molecule has 0 radical (unpaired) electrons. The minimum absolute atomic E-state index is 0.0206. The Bertz CT molecular complexity index is 550. The van der Waals surface area contributed by atoms with Gasteiger partial charge in [-0.1, -0.05) is 6.92 Å². The van der Waals surface area contributed by atoms with Gasteiger partial charge in [0.25, 0.3) is 11.7 Å². The second kappa shape index (κ2) is 7.45. The molecule has 4 fully saturated rings. The molecule has 4 bridgehead atoms. The normalized spacial score (nSPS) is 40.2. The SMILES string of the molecule is CC12CC3(CNC(=O)I)CC(CNC(=O)I)(C1)CC(CNC(=O)I)(C2)C3. The van der Waals surface area contributed by atoms with Gasteiger partial charge in [0.15, 0.2) is 0 Å². The van der Waals surface area contributed by atoms with E-state index in [1.165, 1.54) is 0 Å². The molecule has 4 rings (SSSR count). The molecule has 0 aromatic carbocycles. The van der Waals surface area contributed by atoms with E-state index in [-0.39, 0.29) is 33.4 Å². The van der Waals surface area contributed by atoms with E-state index < -0.39 is 0 Å². The number of carbonyl (C=O) groups excluding carboxylic acids is 3. The van der Waals surface area contributed by atoms with Crippen molar-refractivity contribution in [2.24, 2.45) is 21.7 Å². The first-order chi connectivity index (χ1) is 12.0. The molecule has 0 spiro atoms. The number of hydrogen-bond acceptors (Lipinski definition) is 3. The Kier molecular flexibility index (Phi) is 6.11. The number of nitrogens with one attached hydrogen (secondary N) is 3. The largest absolute Gasteiger partial charge is 0.347 e. The van der Waals surface area contributed by atoms with E-state index in [0.29, 0.717) is 19.6 Å². The summed E-state index contributed by atoms with van der Waals surface area (Å²) in [6.45, 7) is 4.41. The maximum atomic E-state index is 11.6. The van der Waals surface area contributed by atoms with Crippen molar-refractivity contribution >= 4 is 79.5 Å². The van der Waals surface area contributed by atoms with Crippen LogP contribution in [0, 0.1) is 21.7 Å². The lowest BCUT2D eigenvalue weighted by Crippen LogP contribution is -2.66. The molecule has 0 aromatic heterocycles. The highest BCUT2D eigenvalue weighted by molar-refractivity contribution is 14.1. The smallest absolute Gasteiger partial charge is 0.280 e. The summed E-state index contributed by atoms with van der Waals surface area (Å²) in [5, 5.41) is 9.16. The van der Waals surface area contributed by atoms with E-state index in [2.05, 4.69) is 22.9 Å². The fourth-order valence-electron chi connectivity index (χ4n) is 7.19. The predicted octanol–water partition coefficient (Wildman–Crippen LogP) is 4.77. The van der Waals surface area contributed by atoms with Gasteiger partial charge in [-0.3, -0.25) is 14.4 Å². The Morgan fingerprint density at radius 2 is 0.923 bits per heavy atom. The van der Waals surface area contributed by atoms with Crippen molar-refractivity contribution in [3.8, 4) is 0 Å². The van der Waals surface area contributed by atoms with Crippen LogP contribution < -0.4 is 16.0 Å². The van der Waals surface area contributed by atoms with Crippen molar-refractivity contribution in [1.82, 2.24) is 16.0 Å². The highest BCUT2D eigenvalue weighted by atomic mass is 127. The molecule has 4 aliphatic carbocycles. The van der Waals surface area contributed by atoms with E-state index in [1.807, 2.05) is 0 Å². The summed E-state index contributed by atoms with van der Waals surface area (Å²) < 4.78 is -0.0619. The Morgan fingerprint density at radius 3 is 1.15 bits per heavy atom. The molecular formula is C17H24I3N3O3. The molecule has 3 amide bonds. The van der Waals surface area contributed by atoms with Gasteiger partial charge in [0.1, 0.15) is 0 Å². The first kappa shape index (κ1) is 21.3. The van der Waals surface area contributed by atoms with E-state index >= 15 is 0 Å². The van der Waals surface area contributed by atoms with Crippen LogP contribution in [0.25, 0.3) is 0 Å². The van der Waals surface area contributed by atoms with Crippen LogP contribution in [0.1, 0.15) is 45.4 Å². The second-order valence-electron chi connectivity index (χ2n) is 9.25. The lowest BCUT2D eigenvalue weighted by Gasteiger charge is -2.70. The third-order valence-corrected chi connectivity index (χ3v) is 7.61. The van der Waals surface area contributed by atoms with Crippen LogP contribution in [0.5, 0.6) is 0 Å². The maximum Gasteiger partial charge on any atom is 0.280 e. The highest BCUT2D eigenvalue weighted by Crippen LogP contribution is 2.73. The fourth-order valence-corrected chi connectivity index (χ4v) is 7.76. The van der Waals surface area contributed by atoms with Crippen LogP contribution in [-0.4, -0.2) is 31.4 Å². The average molecular weight is 699 g/mol. The summed E-state index contributed by atoms with van der Waals surface area (Å²) >= 11 is 5.39. The predicted molar refractivity (Wildman–Crippen MR) is 125 cm³/mol. The summed E-state index contributed by atoms with van der Waals surface area (Å²) in [6, 6.07) is 0. The average Bonchev–Trinajstić information content (AvgIpc) is 2.47. The highest BCUT2D eigenvalue weighted by Gasteiger charge is 2.66. The molecular weight excluding hydrogens is 675 g/mol.